The maximum absolute atomic E-state index is 14.9. The van der Waals surface area contributed by atoms with Gasteiger partial charge in [-0.25, -0.2) is 13.6 Å². The van der Waals surface area contributed by atoms with Gasteiger partial charge in [0, 0.05) is 10.5 Å². The van der Waals surface area contributed by atoms with Crippen LogP contribution in [0.25, 0.3) is 0 Å². The zero-order valence-electron chi connectivity index (χ0n) is 15.6. The number of nitrogens with zero attached hydrogens (tertiary/aromatic N) is 1. The van der Waals surface area contributed by atoms with Gasteiger partial charge >= 0.3 is 6.09 Å². The number of hydrogen-bond donors (Lipinski definition) is 1. The van der Waals surface area contributed by atoms with Crippen LogP contribution in [0.2, 0.25) is 0 Å². The van der Waals surface area contributed by atoms with Crippen molar-refractivity contribution in [3.05, 3.63) is 69.8 Å². The minimum Gasteiger partial charge on any atom is -0.451 e. The largest absolute Gasteiger partial charge is 0.451 e. The number of benzene rings is 2. The Morgan fingerprint density at radius 2 is 1.82 bits per heavy atom. The van der Waals surface area contributed by atoms with E-state index in [1.807, 2.05) is 0 Å². The lowest BCUT2D eigenvalue weighted by Gasteiger charge is -2.23. The summed E-state index contributed by atoms with van der Waals surface area (Å²) in [6.45, 7) is 4.00. The molecule has 0 fully saturated rings. The predicted molar refractivity (Wildman–Crippen MR) is 96.8 cm³/mol. The molecule has 0 saturated heterocycles. The molecule has 1 amide bonds. The molecule has 0 aliphatic rings. The van der Waals surface area contributed by atoms with Gasteiger partial charge in [0.2, 0.25) is 6.54 Å². The summed E-state index contributed by atoms with van der Waals surface area (Å²) in [5.41, 5.74) is -1.15. The quantitative estimate of drug-likeness (QED) is 0.571. The van der Waals surface area contributed by atoms with E-state index in [2.05, 4.69) is 5.32 Å². The summed E-state index contributed by atoms with van der Waals surface area (Å²) in [5.74, 6) is -2.67. The number of para-hydroxylation sites is 1. The highest BCUT2D eigenvalue weighted by molar-refractivity contribution is 5.68. The minimum absolute atomic E-state index is 0.184. The molecule has 1 unspecified atom stereocenters. The lowest BCUT2D eigenvalue weighted by Crippen LogP contribution is -2.38. The molecular weight excluding hydrogens is 374 g/mol. The molecule has 9 heteroatoms. The maximum Gasteiger partial charge on any atom is 0.408 e. The first-order valence-electron chi connectivity index (χ1n) is 8.39. The Balaban J connectivity index is 2.36. The molecule has 0 saturated carbocycles. The predicted octanol–water partition coefficient (Wildman–Crippen LogP) is 4.60. The van der Waals surface area contributed by atoms with Crippen LogP contribution in [0.5, 0.6) is 11.5 Å². The van der Waals surface area contributed by atoms with Crippen LogP contribution in [0.1, 0.15) is 32.4 Å². The third kappa shape index (κ3) is 5.90. The van der Waals surface area contributed by atoms with E-state index in [9.17, 15) is 23.7 Å². The fourth-order valence-electron chi connectivity index (χ4n) is 2.34. The van der Waals surface area contributed by atoms with E-state index in [0.29, 0.717) is 0 Å². The molecule has 7 nitrogen and oxygen atoms in total. The van der Waals surface area contributed by atoms with Gasteiger partial charge in [-0.05, 0) is 39.0 Å². The second-order valence-electron chi connectivity index (χ2n) is 6.91. The Hall–Kier alpha value is -3.23. The lowest BCUT2D eigenvalue weighted by atomic mass is 10.1. The Labute approximate surface area is 160 Å². The van der Waals surface area contributed by atoms with Crippen molar-refractivity contribution in [2.45, 2.75) is 32.4 Å². The zero-order valence-corrected chi connectivity index (χ0v) is 15.6. The molecule has 1 atom stereocenters. The van der Waals surface area contributed by atoms with Crippen molar-refractivity contribution in [1.82, 2.24) is 5.32 Å². The molecular formula is C19H20F2N2O5. The van der Waals surface area contributed by atoms with E-state index in [0.717, 1.165) is 12.1 Å². The molecule has 0 aliphatic carbocycles. The first kappa shape index (κ1) is 21.1. The number of carbonyl (C=O) groups excluding carboxylic acids is 1. The number of nitro groups is 1. The van der Waals surface area contributed by atoms with Crippen LogP contribution in [-0.4, -0.2) is 23.2 Å². The van der Waals surface area contributed by atoms with Gasteiger partial charge in [0.05, 0.1) is 0 Å². The molecule has 0 bridgehead atoms. The molecule has 0 spiro atoms. The fraction of sp³-hybridized carbons (Fsp3) is 0.316. The number of alkyl carbamates (subject to hydrolysis) is 1. The van der Waals surface area contributed by atoms with E-state index in [-0.39, 0.29) is 11.3 Å². The van der Waals surface area contributed by atoms with Gasteiger partial charge in [-0.2, -0.15) is 0 Å². The first-order valence-corrected chi connectivity index (χ1v) is 8.39. The summed E-state index contributed by atoms with van der Waals surface area (Å²) in [7, 11) is 0. The van der Waals surface area contributed by atoms with Crippen molar-refractivity contribution in [3.8, 4) is 11.5 Å². The average molecular weight is 394 g/mol. The SMILES string of the molecule is CC(C)(C)OC(=O)NC(C[N+](=O)[O-])c1ccc(F)c(Oc2ccccc2)c1F. The first-order chi connectivity index (χ1) is 13.1. The zero-order chi connectivity index (χ0) is 20.9. The highest BCUT2D eigenvalue weighted by atomic mass is 19.1. The Kier molecular flexibility index (Phi) is 6.50. The van der Waals surface area contributed by atoms with Crippen LogP contribution in [-0.2, 0) is 4.74 Å². The van der Waals surface area contributed by atoms with Gasteiger partial charge in [0.25, 0.3) is 0 Å². The smallest absolute Gasteiger partial charge is 0.408 e. The van der Waals surface area contributed by atoms with Crippen molar-refractivity contribution in [3.63, 3.8) is 0 Å². The van der Waals surface area contributed by atoms with Gasteiger partial charge in [-0.3, -0.25) is 10.1 Å². The summed E-state index contributed by atoms with van der Waals surface area (Å²) in [6.07, 6.45) is -0.964. The molecule has 2 aromatic rings. The van der Waals surface area contributed by atoms with Crippen LogP contribution < -0.4 is 10.1 Å². The Morgan fingerprint density at radius 1 is 1.18 bits per heavy atom. The molecule has 2 aromatic carbocycles. The summed E-state index contributed by atoms with van der Waals surface area (Å²) >= 11 is 0. The van der Waals surface area contributed by atoms with Crippen LogP contribution in [0.3, 0.4) is 0 Å². The molecule has 150 valence electrons. The number of hydrogen-bond acceptors (Lipinski definition) is 5. The van der Waals surface area contributed by atoms with Crippen molar-refractivity contribution < 1.29 is 28.0 Å². The molecule has 0 heterocycles. The summed E-state index contributed by atoms with van der Waals surface area (Å²) in [6, 6.07) is 8.49. The van der Waals surface area contributed by atoms with Crippen LogP contribution in [0.4, 0.5) is 13.6 Å². The van der Waals surface area contributed by atoms with E-state index in [1.165, 1.54) is 12.1 Å². The van der Waals surface area contributed by atoms with Crippen molar-refractivity contribution >= 4 is 6.09 Å². The van der Waals surface area contributed by atoms with E-state index in [4.69, 9.17) is 9.47 Å². The standard InChI is InChI=1S/C19H20F2N2O5/c1-19(2,3)28-18(24)22-15(11-23(25)26)13-9-10-14(20)17(16(13)21)27-12-7-5-4-6-8-12/h4-10,15H,11H2,1-3H3,(H,22,24). The Morgan fingerprint density at radius 3 is 2.39 bits per heavy atom. The average Bonchev–Trinajstić information content (AvgIpc) is 2.57. The third-order valence-corrected chi connectivity index (χ3v) is 3.44. The van der Waals surface area contributed by atoms with Crippen molar-refractivity contribution in [2.24, 2.45) is 0 Å². The number of ether oxygens (including phenoxy) is 2. The number of carbonyl (C=O) groups is 1. The second-order valence-corrected chi connectivity index (χ2v) is 6.91. The summed E-state index contributed by atoms with van der Waals surface area (Å²) < 4.78 is 39.4. The molecule has 0 aromatic heterocycles. The van der Waals surface area contributed by atoms with E-state index >= 15 is 0 Å². The molecule has 0 radical (unpaired) electrons. The highest BCUT2D eigenvalue weighted by Crippen LogP contribution is 2.32. The van der Waals surface area contributed by atoms with E-state index < -0.39 is 46.6 Å². The molecule has 2 rings (SSSR count). The monoisotopic (exact) mass is 394 g/mol. The Bertz CT molecular complexity index is 853. The normalized spacial score (nSPS) is 12.2. The summed E-state index contributed by atoms with van der Waals surface area (Å²) in [5, 5.41) is 13.2. The number of rotatable bonds is 6. The van der Waals surface area contributed by atoms with Gasteiger partial charge in [-0.1, -0.05) is 24.3 Å². The fourth-order valence-corrected chi connectivity index (χ4v) is 2.34. The van der Waals surface area contributed by atoms with E-state index in [1.54, 1.807) is 39.0 Å². The lowest BCUT2D eigenvalue weighted by molar-refractivity contribution is -0.484. The molecule has 28 heavy (non-hydrogen) atoms. The second kappa shape index (κ2) is 8.64. The number of nitrogens with one attached hydrogen (secondary N) is 1. The number of amides is 1. The minimum atomic E-state index is -1.39. The molecule has 0 aliphatic heterocycles. The van der Waals surface area contributed by atoms with Crippen LogP contribution in [0, 0.1) is 21.7 Å². The van der Waals surface area contributed by atoms with Gasteiger partial charge < -0.3 is 14.8 Å². The van der Waals surface area contributed by atoms with Gasteiger partial charge in [0.15, 0.2) is 17.4 Å². The topological polar surface area (TPSA) is 90.7 Å². The van der Waals surface area contributed by atoms with Gasteiger partial charge in [0.1, 0.15) is 17.4 Å². The molecule has 1 N–H and O–H groups in total. The van der Waals surface area contributed by atoms with Gasteiger partial charge in [-0.15, -0.1) is 0 Å². The maximum atomic E-state index is 14.9. The number of halogens is 2. The van der Waals surface area contributed by atoms with Crippen molar-refractivity contribution in [2.75, 3.05) is 6.54 Å². The third-order valence-electron chi connectivity index (χ3n) is 3.44. The highest BCUT2D eigenvalue weighted by Gasteiger charge is 2.29. The van der Waals surface area contributed by atoms with Crippen LogP contribution in [0.15, 0.2) is 42.5 Å². The van der Waals surface area contributed by atoms with Crippen LogP contribution >= 0.6 is 0 Å². The summed E-state index contributed by atoms with van der Waals surface area (Å²) in [4.78, 5) is 22.3. The van der Waals surface area contributed by atoms with Crippen molar-refractivity contribution in [1.29, 1.82) is 0 Å².